The van der Waals surface area contributed by atoms with Crippen molar-refractivity contribution in [1.82, 2.24) is 4.90 Å². The molecule has 2 amide bonds. The minimum Gasteiger partial charge on any atom is -0.324 e. The average molecular weight is 440 g/mol. The van der Waals surface area contributed by atoms with E-state index >= 15 is 0 Å². The number of likely N-dealkylation sites (N-methyl/N-ethyl adjacent to an activating group) is 1. The third-order valence-electron chi connectivity index (χ3n) is 3.41. The van der Waals surface area contributed by atoms with Crippen LogP contribution in [0.5, 0.6) is 0 Å². The second-order valence-electron chi connectivity index (χ2n) is 5.59. The highest BCUT2D eigenvalue weighted by atomic mass is 79.9. The van der Waals surface area contributed by atoms with Gasteiger partial charge in [-0.15, -0.1) is 11.8 Å². The van der Waals surface area contributed by atoms with E-state index in [1.807, 2.05) is 30.5 Å². The Labute approximate surface area is 164 Å². The minimum absolute atomic E-state index is 0.0346. The van der Waals surface area contributed by atoms with Crippen molar-refractivity contribution in [3.8, 4) is 0 Å². The molecule has 0 aliphatic rings. The van der Waals surface area contributed by atoms with Crippen LogP contribution in [0.15, 0.2) is 51.8 Å². The third-order valence-corrected chi connectivity index (χ3v) is 4.70. The van der Waals surface area contributed by atoms with Crippen LogP contribution in [-0.4, -0.2) is 43.1 Å². The zero-order chi connectivity index (χ0) is 19.1. The van der Waals surface area contributed by atoms with Gasteiger partial charge in [0.05, 0.1) is 24.5 Å². The smallest absolute Gasteiger partial charge is 0.238 e. The molecular weight excluding hydrogens is 421 g/mol. The van der Waals surface area contributed by atoms with E-state index in [0.29, 0.717) is 4.47 Å². The van der Waals surface area contributed by atoms with E-state index in [0.717, 1.165) is 10.6 Å². The molecule has 0 aliphatic carbocycles. The molecule has 26 heavy (non-hydrogen) atoms. The first-order chi connectivity index (χ1) is 12.4. The number of nitrogens with zero attached hydrogens (tertiary/aromatic N) is 1. The van der Waals surface area contributed by atoms with Crippen LogP contribution < -0.4 is 10.6 Å². The summed E-state index contributed by atoms with van der Waals surface area (Å²) in [6.45, 7) is 0.00601. The number of para-hydroxylation sites is 1. The zero-order valence-corrected chi connectivity index (χ0v) is 16.8. The second kappa shape index (κ2) is 9.70. The Morgan fingerprint density at radius 3 is 2.31 bits per heavy atom. The van der Waals surface area contributed by atoms with E-state index in [1.54, 1.807) is 18.0 Å². The normalized spacial score (nSPS) is 10.7. The lowest BCUT2D eigenvalue weighted by atomic mass is 10.3. The molecule has 2 aromatic rings. The van der Waals surface area contributed by atoms with Crippen LogP contribution in [0.25, 0.3) is 0 Å². The molecule has 0 aromatic heterocycles. The Bertz CT molecular complexity index is 804. The van der Waals surface area contributed by atoms with Crippen molar-refractivity contribution in [3.05, 3.63) is 52.8 Å². The van der Waals surface area contributed by atoms with Crippen molar-refractivity contribution in [2.45, 2.75) is 4.90 Å². The SMILES string of the molecule is CSc1ccccc1NC(=O)CN(C)CC(=O)Nc1ccc(Br)cc1F. The molecule has 0 heterocycles. The molecule has 2 rings (SSSR count). The molecular formula is C18H19BrFN3O2S. The zero-order valence-electron chi connectivity index (χ0n) is 14.4. The summed E-state index contributed by atoms with van der Waals surface area (Å²) in [6, 6.07) is 11.9. The third kappa shape index (κ3) is 6.12. The molecule has 0 aliphatic heterocycles. The fourth-order valence-electron chi connectivity index (χ4n) is 2.26. The van der Waals surface area contributed by atoms with E-state index < -0.39 is 11.7 Å². The fourth-order valence-corrected chi connectivity index (χ4v) is 3.15. The molecule has 8 heteroatoms. The van der Waals surface area contributed by atoms with Gasteiger partial charge in [0.1, 0.15) is 5.82 Å². The van der Waals surface area contributed by atoms with E-state index in [4.69, 9.17) is 0 Å². The Kier molecular flexibility index (Phi) is 7.62. The van der Waals surface area contributed by atoms with Gasteiger partial charge in [0.15, 0.2) is 0 Å². The van der Waals surface area contributed by atoms with Crippen molar-refractivity contribution in [3.63, 3.8) is 0 Å². The number of hydrogen-bond acceptors (Lipinski definition) is 4. The van der Waals surface area contributed by atoms with Crippen LogP contribution in [0.1, 0.15) is 0 Å². The Morgan fingerprint density at radius 1 is 1.08 bits per heavy atom. The molecule has 5 nitrogen and oxygen atoms in total. The molecule has 2 aromatic carbocycles. The Hall–Kier alpha value is -1.90. The van der Waals surface area contributed by atoms with Gasteiger partial charge in [0, 0.05) is 9.37 Å². The number of hydrogen-bond donors (Lipinski definition) is 2. The number of carbonyl (C=O) groups is 2. The maximum Gasteiger partial charge on any atom is 0.238 e. The van der Waals surface area contributed by atoms with Gasteiger partial charge in [-0.25, -0.2) is 4.39 Å². The summed E-state index contributed by atoms with van der Waals surface area (Å²) in [5.41, 5.74) is 0.838. The highest BCUT2D eigenvalue weighted by Gasteiger charge is 2.13. The van der Waals surface area contributed by atoms with Gasteiger partial charge < -0.3 is 10.6 Å². The van der Waals surface area contributed by atoms with Crippen LogP contribution in [0.3, 0.4) is 0 Å². The number of thioether (sulfide) groups is 1. The molecule has 138 valence electrons. The average Bonchev–Trinajstić information content (AvgIpc) is 2.57. The van der Waals surface area contributed by atoms with Gasteiger partial charge in [0.2, 0.25) is 11.8 Å². The summed E-state index contributed by atoms with van der Waals surface area (Å²) in [5.74, 6) is -1.15. The summed E-state index contributed by atoms with van der Waals surface area (Å²) in [4.78, 5) is 26.7. The van der Waals surface area contributed by atoms with Crippen LogP contribution in [-0.2, 0) is 9.59 Å². The van der Waals surface area contributed by atoms with Gasteiger partial charge in [-0.1, -0.05) is 28.1 Å². The minimum atomic E-state index is -0.526. The van der Waals surface area contributed by atoms with E-state index in [1.165, 1.54) is 23.9 Å². The summed E-state index contributed by atoms with van der Waals surface area (Å²) in [7, 11) is 1.65. The first-order valence-electron chi connectivity index (χ1n) is 7.75. The van der Waals surface area contributed by atoms with Crippen molar-refractivity contribution in [2.75, 3.05) is 37.0 Å². The highest BCUT2D eigenvalue weighted by molar-refractivity contribution is 9.10. The van der Waals surface area contributed by atoms with Crippen molar-refractivity contribution >= 4 is 50.9 Å². The topological polar surface area (TPSA) is 61.4 Å². The van der Waals surface area contributed by atoms with E-state index in [9.17, 15) is 14.0 Å². The molecule has 2 N–H and O–H groups in total. The number of carbonyl (C=O) groups excluding carboxylic acids is 2. The van der Waals surface area contributed by atoms with Crippen LogP contribution in [0, 0.1) is 5.82 Å². The maximum absolute atomic E-state index is 13.7. The molecule has 0 bridgehead atoms. The standard InChI is InChI=1S/C18H19BrFN3O2S/c1-23(10-17(24)21-14-8-7-12(19)9-13(14)20)11-18(25)22-15-5-3-4-6-16(15)26-2/h3-9H,10-11H2,1-2H3,(H,21,24)(H,22,25). The fraction of sp³-hybridized carbons (Fsp3) is 0.222. The lowest BCUT2D eigenvalue weighted by molar-refractivity contribution is -0.119. The molecule has 0 unspecified atom stereocenters. The first-order valence-corrected chi connectivity index (χ1v) is 9.77. The summed E-state index contributed by atoms with van der Waals surface area (Å²) in [5, 5.41) is 5.33. The van der Waals surface area contributed by atoms with Gasteiger partial charge in [-0.2, -0.15) is 0 Å². The van der Waals surface area contributed by atoms with Crippen molar-refractivity contribution < 1.29 is 14.0 Å². The summed E-state index contributed by atoms with van der Waals surface area (Å²) in [6.07, 6.45) is 1.93. The number of amides is 2. The van der Waals surface area contributed by atoms with Crippen LogP contribution in [0.4, 0.5) is 15.8 Å². The predicted molar refractivity (Wildman–Crippen MR) is 107 cm³/mol. The van der Waals surface area contributed by atoms with Gasteiger partial charge in [-0.05, 0) is 43.6 Å². The molecule has 0 saturated heterocycles. The molecule has 0 radical (unpaired) electrons. The Morgan fingerprint density at radius 2 is 1.69 bits per heavy atom. The quantitative estimate of drug-likeness (QED) is 0.643. The number of rotatable bonds is 7. The molecule has 0 atom stereocenters. The summed E-state index contributed by atoms with van der Waals surface area (Å²) >= 11 is 4.70. The first kappa shape index (κ1) is 20.4. The number of benzene rings is 2. The Balaban J connectivity index is 1.86. The number of nitrogens with one attached hydrogen (secondary N) is 2. The van der Waals surface area contributed by atoms with Gasteiger partial charge in [-0.3, -0.25) is 14.5 Å². The van der Waals surface area contributed by atoms with Gasteiger partial charge >= 0.3 is 0 Å². The summed E-state index contributed by atoms with van der Waals surface area (Å²) < 4.78 is 14.3. The van der Waals surface area contributed by atoms with E-state index in [2.05, 4.69) is 26.6 Å². The molecule has 0 saturated carbocycles. The predicted octanol–water partition coefficient (Wildman–Crippen LogP) is 3.82. The van der Waals surface area contributed by atoms with Crippen molar-refractivity contribution in [1.29, 1.82) is 0 Å². The number of halogens is 2. The lowest BCUT2D eigenvalue weighted by Crippen LogP contribution is -2.36. The largest absolute Gasteiger partial charge is 0.324 e. The molecule has 0 spiro atoms. The van der Waals surface area contributed by atoms with E-state index in [-0.39, 0.29) is 24.7 Å². The van der Waals surface area contributed by atoms with Crippen LogP contribution >= 0.6 is 27.7 Å². The van der Waals surface area contributed by atoms with Crippen molar-refractivity contribution in [2.24, 2.45) is 0 Å². The second-order valence-corrected chi connectivity index (χ2v) is 7.36. The monoisotopic (exact) mass is 439 g/mol. The number of anilines is 2. The lowest BCUT2D eigenvalue weighted by Gasteiger charge is -2.17. The molecule has 0 fully saturated rings. The maximum atomic E-state index is 13.7. The van der Waals surface area contributed by atoms with Gasteiger partial charge in [0.25, 0.3) is 0 Å². The van der Waals surface area contributed by atoms with Crippen LogP contribution in [0.2, 0.25) is 0 Å². The highest BCUT2D eigenvalue weighted by Crippen LogP contribution is 2.24.